The molecular formula is C15H13BrN2O. The molecule has 0 radical (unpaired) electrons. The number of rotatable bonds is 3. The Bertz CT molecular complexity index is 609. The molecule has 0 bridgehead atoms. The van der Waals surface area contributed by atoms with Gasteiger partial charge >= 0.3 is 0 Å². The molecule has 1 N–H and O–H groups in total. The first-order chi connectivity index (χ1) is 9.15. The maximum Gasteiger partial charge on any atom is 0.248 e. The molecule has 1 amide bonds. The fraction of sp³-hybridized carbons (Fsp3) is 0.0667. The Morgan fingerprint density at radius 1 is 1.37 bits per heavy atom. The van der Waals surface area contributed by atoms with Gasteiger partial charge in [0.1, 0.15) is 0 Å². The molecule has 0 aliphatic carbocycles. The molecule has 1 aromatic heterocycles. The van der Waals surface area contributed by atoms with Crippen LogP contribution in [0.5, 0.6) is 0 Å². The van der Waals surface area contributed by atoms with Crippen LogP contribution in [0.15, 0.2) is 53.3 Å². The van der Waals surface area contributed by atoms with Gasteiger partial charge in [0.05, 0.1) is 0 Å². The normalized spacial score (nSPS) is 10.6. The average Bonchev–Trinajstić information content (AvgIpc) is 2.42. The van der Waals surface area contributed by atoms with Crippen LogP contribution in [0, 0.1) is 6.92 Å². The standard InChI is InChI=1S/C15H13BrN2O/c1-11-9-13(5-6-14(11)16)18-15(19)7-4-12-3-2-8-17-10-12/h2-10H,1H3,(H,18,19)/b7-4+. The topological polar surface area (TPSA) is 42.0 Å². The summed E-state index contributed by atoms with van der Waals surface area (Å²) in [5.74, 6) is -0.162. The number of pyridine rings is 1. The quantitative estimate of drug-likeness (QED) is 0.875. The number of nitrogens with one attached hydrogen (secondary N) is 1. The van der Waals surface area contributed by atoms with Gasteiger partial charge in [-0.1, -0.05) is 22.0 Å². The highest BCUT2D eigenvalue weighted by Gasteiger charge is 2.00. The maximum absolute atomic E-state index is 11.8. The van der Waals surface area contributed by atoms with Crippen LogP contribution in [-0.2, 0) is 4.79 Å². The van der Waals surface area contributed by atoms with Crippen molar-refractivity contribution in [1.82, 2.24) is 4.98 Å². The zero-order valence-corrected chi connectivity index (χ0v) is 12.0. The highest BCUT2D eigenvalue weighted by atomic mass is 79.9. The number of aromatic nitrogens is 1. The van der Waals surface area contributed by atoms with E-state index >= 15 is 0 Å². The van der Waals surface area contributed by atoms with Crippen molar-refractivity contribution in [2.45, 2.75) is 6.92 Å². The van der Waals surface area contributed by atoms with Crippen LogP contribution in [0.4, 0.5) is 5.69 Å². The van der Waals surface area contributed by atoms with Crippen molar-refractivity contribution in [2.75, 3.05) is 5.32 Å². The molecule has 96 valence electrons. The number of halogens is 1. The van der Waals surface area contributed by atoms with E-state index in [4.69, 9.17) is 0 Å². The fourth-order valence-electron chi connectivity index (χ4n) is 1.55. The minimum absolute atomic E-state index is 0.162. The molecule has 1 heterocycles. The smallest absolute Gasteiger partial charge is 0.248 e. The van der Waals surface area contributed by atoms with Crippen molar-refractivity contribution in [2.24, 2.45) is 0 Å². The van der Waals surface area contributed by atoms with Crippen molar-refractivity contribution >= 4 is 33.6 Å². The Morgan fingerprint density at radius 2 is 2.21 bits per heavy atom. The Labute approximate surface area is 120 Å². The molecule has 0 spiro atoms. The van der Waals surface area contributed by atoms with Crippen molar-refractivity contribution in [3.05, 3.63) is 64.4 Å². The van der Waals surface area contributed by atoms with E-state index in [2.05, 4.69) is 26.2 Å². The Morgan fingerprint density at radius 3 is 2.89 bits per heavy atom. The summed E-state index contributed by atoms with van der Waals surface area (Å²) in [6.07, 6.45) is 6.62. The van der Waals surface area contributed by atoms with E-state index in [1.165, 1.54) is 6.08 Å². The van der Waals surface area contributed by atoms with Gasteiger partial charge in [-0.2, -0.15) is 0 Å². The lowest BCUT2D eigenvalue weighted by Crippen LogP contribution is -2.07. The number of carbonyl (C=O) groups excluding carboxylic acids is 1. The molecule has 0 aliphatic rings. The van der Waals surface area contributed by atoms with Crippen molar-refractivity contribution in [3.8, 4) is 0 Å². The third kappa shape index (κ3) is 4.03. The molecule has 2 aromatic rings. The fourth-order valence-corrected chi connectivity index (χ4v) is 1.80. The first-order valence-electron chi connectivity index (χ1n) is 5.80. The van der Waals surface area contributed by atoms with Gasteiger partial charge in [-0.05, 0) is 48.4 Å². The van der Waals surface area contributed by atoms with Crippen molar-refractivity contribution in [1.29, 1.82) is 0 Å². The predicted octanol–water partition coefficient (Wildman–Crippen LogP) is 3.80. The Balaban J connectivity index is 2.01. The van der Waals surface area contributed by atoms with E-state index in [0.717, 1.165) is 21.3 Å². The van der Waals surface area contributed by atoms with Gasteiger partial charge in [-0.25, -0.2) is 0 Å². The van der Waals surface area contributed by atoms with Gasteiger partial charge in [0.2, 0.25) is 5.91 Å². The zero-order valence-electron chi connectivity index (χ0n) is 10.4. The summed E-state index contributed by atoms with van der Waals surface area (Å²) in [6, 6.07) is 9.40. The van der Waals surface area contributed by atoms with Crippen LogP contribution in [0.25, 0.3) is 6.08 Å². The number of nitrogens with zero attached hydrogens (tertiary/aromatic N) is 1. The van der Waals surface area contributed by atoms with E-state index in [9.17, 15) is 4.79 Å². The molecule has 2 rings (SSSR count). The number of anilines is 1. The molecule has 3 nitrogen and oxygen atoms in total. The molecule has 0 aliphatic heterocycles. The monoisotopic (exact) mass is 316 g/mol. The lowest BCUT2D eigenvalue weighted by Gasteiger charge is -2.04. The van der Waals surface area contributed by atoms with Gasteiger partial charge in [0.15, 0.2) is 0 Å². The largest absolute Gasteiger partial charge is 0.323 e. The summed E-state index contributed by atoms with van der Waals surface area (Å²) in [7, 11) is 0. The first kappa shape index (κ1) is 13.5. The van der Waals surface area contributed by atoms with E-state index in [1.54, 1.807) is 18.5 Å². The predicted molar refractivity (Wildman–Crippen MR) is 80.8 cm³/mol. The number of carbonyl (C=O) groups is 1. The van der Waals surface area contributed by atoms with Crippen molar-refractivity contribution < 1.29 is 4.79 Å². The average molecular weight is 317 g/mol. The van der Waals surface area contributed by atoms with Crippen LogP contribution < -0.4 is 5.32 Å². The SMILES string of the molecule is Cc1cc(NC(=O)/C=C/c2cccnc2)ccc1Br. The van der Waals surface area contributed by atoms with Crippen molar-refractivity contribution in [3.63, 3.8) is 0 Å². The van der Waals surface area contributed by atoms with Crippen LogP contribution in [0.1, 0.15) is 11.1 Å². The Hall–Kier alpha value is -1.94. The number of aryl methyl sites for hydroxylation is 1. The van der Waals surface area contributed by atoms with Crippen LogP contribution in [0.2, 0.25) is 0 Å². The van der Waals surface area contributed by atoms with Crippen LogP contribution >= 0.6 is 15.9 Å². The lowest BCUT2D eigenvalue weighted by molar-refractivity contribution is -0.111. The number of hydrogen-bond donors (Lipinski definition) is 1. The zero-order chi connectivity index (χ0) is 13.7. The maximum atomic E-state index is 11.8. The molecule has 0 unspecified atom stereocenters. The summed E-state index contributed by atoms with van der Waals surface area (Å²) >= 11 is 3.42. The van der Waals surface area contributed by atoms with Gasteiger partial charge in [-0.15, -0.1) is 0 Å². The third-order valence-corrected chi connectivity index (χ3v) is 3.43. The van der Waals surface area contributed by atoms with E-state index in [0.29, 0.717) is 0 Å². The number of benzene rings is 1. The molecule has 0 saturated heterocycles. The second kappa shape index (κ2) is 6.29. The second-order valence-corrected chi connectivity index (χ2v) is 4.93. The van der Waals surface area contributed by atoms with E-state index in [-0.39, 0.29) is 5.91 Å². The minimum atomic E-state index is -0.162. The lowest BCUT2D eigenvalue weighted by atomic mass is 10.2. The minimum Gasteiger partial charge on any atom is -0.323 e. The van der Waals surface area contributed by atoms with E-state index in [1.807, 2.05) is 37.3 Å². The summed E-state index contributed by atoms with van der Waals surface area (Å²) in [6.45, 7) is 1.98. The van der Waals surface area contributed by atoms with Gasteiger partial charge in [-0.3, -0.25) is 9.78 Å². The van der Waals surface area contributed by atoms with Gasteiger partial charge in [0, 0.05) is 28.6 Å². The highest BCUT2D eigenvalue weighted by Crippen LogP contribution is 2.19. The molecular weight excluding hydrogens is 304 g/mol. The molecule has 19 heavy (non-hydrogen) atoms. The number of amides is 1. The molecule has 1 aromatic carbocycles. The highest BCUT2D eigenvalue weighted by molar-refractivity contribution is 9.10. The summed E-state index contributed by atoms with van der Waals surface area (Å²) in [5.41, 5.74) is 2.75. The van der Waals surface area contributed by atoms with Gasteiger partial charge in [0.25, 0.3) is 0 Å². The molecule has 0 atom stereocenters. The Kier molecular flexibility index (Phi) is 4.47. The van der Waals surface area contributed by atoms with Gasteiger partial charge < -0.3 is 5.32 Å². The van der Waals surface area contributed by atoms with Crippen LogP contribution in [-0.4, -0.2) is 10.9 Å². The summed E-state index contributed by atoms with van der Waals surface area (Å²) < 4.78 is 1.02. The third-order valence-electron chi connectivity index (χ3n) is 2.54. The summed E-state index contributed by atoms with van der Waals surface area (Å²) in [5, 5.41) is 2.81. The summed E-state index contributed by atoms with van der Waals surface area (Å²) in [4.78, 5) is 15.7. The number of hydrogen-bond acceptors (Lipinski definition) is 2. The molecule has 0 fully saturated rings. The molecule has 0 saturated carbocycles. The first-order valence-corrected chi connectivity index (χ1v) is 6.60. The molecule has 4 heteroatoms. The van der Waals surface area contributed by atoms with E-state index < -0.39 is 0 Å². The second-order valence-electron chi connectivity index (χ2n) is 4.07. The van der Waals surface area contributed by atoms with Crippen LogP contribution in [0.3, 0.4) is 0 Å².